The maximum atomic E-state index is 14.0. The minimum absolute atomic E-state index is 0.292. The molecule has 0 saturated heterocycles. The molecule has 3 aromatic carbocycles. The zero-order valence-corrected chi connectivity index (χ0v) is 44.6. The van der Waals surface area contributed by atoms with Crippen molar-refractivity contribution in [2.24, 2.45) is 34.7 Å². The SMILES string of the molecule is C=CC(=O)OCCCCCCOc1ccc(OC(=O)C2CCC(C(=O)Oc3ccc(C4CCC(C5CCC(CCC)CC5)CC4)cc3/C=N/N(CCCCCCOC(=O)C=C)c3nc4ccccc4s3)CC2)cc1. The summed E-state index contributed by atoms with van der Waals surface area (Å²) in [6, 6.07) is 21.5. The Bertz CT molecular complexity index is 2410. The van der Waals surface area contributed by atoms with Crippen molar-refractivity contribution < 1.29 is 42.9 Å². The van der Waals surface area contributed by atoms with Crippen LogP contribution >= 0.6 is 11.3 Å². The van der Waals surface area contributed by atoms with Crippen molar-refractivity contribution in [3.63, 3.8) is 0 Å². The van der Waals surface area contributed by atoms with Crippen LogP contribution in [-0.2, 0) is 28.7 Å². The molecule has 0 radical (unpaired) electrons. The molecular formula is C61H79N3O9S. The first-order chi connectivity index (χ1) is 36.2. The zero-order chi connectivity index (χ0) is 51.9. The normalized spacial score (nSPS) is 20.9. The second-order valence-corrected chi connectivity index (χ2v) is 21.6. The molecule has 3 fully saturated rings. The second kappa shape index (κ2) is 29.9. The Labute approximate surface area is 443 Å². The molecule has 398 valence electrons. The molecule has 12 nitrogen and oxygen atoms in total. The molecule has 0 aliphatic heterocycles. The van der Waals surface area contributed by atoms with E-state index in [1.807, 2.05) is 35.5 Å². The van der Waals surface area contributed by atoms with Crippen molar-refractivity contribution in [3.05, 3.63) is 103 Å². The average molecular weight is 1030 g/mol. The molecule has 0 amide bonds. The largest absolute Gasteiger partial charge is 0.494 e. The molecular weight excluding hydrogens is 951 g/mol. The van der Waals surface area contributed by atoms with Gasteiger partial charge in [0.05, 0.1) is 48.1 Å². The first kappa shape index (κ1) is 55.9. The average Bonchev–Trinajstić information content (AvgIpc) is 3.87. The van der Waals surface area contributed by atoms with Crippen LogP contribution in [0.5, 0.6) is 17.2 Å². The van der Waals surface area contributed by atoms with Crippen molar-refractivity contribution in [2.45, 2.75) is 154 Å². The molecule has 0 unspecified atom stereocenters. The number of ether oxygens (including phenoxy) is 5. The van der Waals surface area contributed by atoms with E-state index in [2.05, 4.69) is 38.3 Å². The molecule has 0 bridgehead atoms. The number of carbonyl (C=O) groups excluding carboxylic acids is 4. The van der Waals surface area contributed by atoms with E-state index in [1.165, 1.54) is 69.1 Å². The van der Waals surface area contributed by atoms with Gasteiger partial charge in [0.2, 0.25) is 5.13 Å². The third-order valence-corrected chi connectivity index (χ3v) is 16.5. The molecule has 13 heteroatoms. The van der Waals surface area contributed by atoms with Gasteiger partial charge in [0.15, 0.2) is 0 Å². The van der Waals surface area contributed by atoms with Crippen LogP contribution in [0.25, 0.3) is 10.2 Å². The number of hydrogen-bond acceptors (Lipinski definition) is 13. The summed E-state index contributed by atoms with van der Waals surface area (Å²) >= 11 is 1.60. The summed E-state index contributed by atoms with van der Waals surface area (Å²) in [5.74, 6) is 2.62. The van der Waals surface area contributed by atoms with Crippen LogP contribution in [0.1, 0.15) is 165 Å². The van der Waals surface area contributed by atoms with Gasteiger partial charge in [-0.1, -0.05) is 81.7 Å². The lowest BCUT2D eigenvalue weighted by atomic mass is 9.68. The second-order valence-electron chi connectivity index (χ2n) is 20.6. The minimum atomic E-state index is -0.400. The van der Waals surface area contributed by atoms with Crippen molar-refractivity contribution in [1.29, 1.82) is 0 Å². The van der Waals surface area contributed by atoms with Gasteiger partial charge >= 0.3 is 23.9 Å². The predicted molar refractivity (Wildman–Crippen MR) is 294 cm³/mol. The fourth-order valence-electron chi connectivity index (χ4n) is 11.1. The molecule has 7 rings (SSSR count). The molecule has 3 aliphatic rings. The number of thiazole rings is 1. The predicted octanol–water partition coefficient (Wildman–Crippen LogP) is 14.3. The van der Waals surface area contributed by atoms with Crippen LogP contribution in [-0.4, -0.2) is 61.4 Å². The zero-order valence-electron chi connectivity index (χ0n) is 43.8. The van der Waals surface area contributed by atoms with Crippen molar-refractivity contribution >= 4 is 56.8 Å². The highest BCUT2D eigenvalue weighted by Crippen LogP contribution is 2.45. The maximum Gasteiger partial charge on any atom is 0.330 e. The summed E-state index contributed by atoms with van der Waals surface area (Å²) in [7, 11) is 0. The van der Waals surface area contributed by atoms with Gasteiger partial charge < -0.3 is 23.7 Å². The topological polar surface area (TPSA) is 143 Å². The Morgan fingerprint density at radius 1 is 0.662 bits per heavy atom. The van der Waals surface area contributed by atoms with E-state index >= 15 is 0 Å². The summed E-state index contributed by atoms with van der Waals surface area (Å²) < 4.78 is 29.3. The number of anilines is 1. The number of unbranched alkanes of at least 4 members (excludes halogenated alkanes) is 6. The van der Waals surface area contributed by atoms with Crippen molar-refractivity contribution in [3.8, 4) is 17.2 Å². The maximum absolute atomic E-state index is 14.0. The van der Waals surface area contributed by atoms with Crippen LogP contribution in [0.15, 0.2) is 97.1 Å². The van der Waals surface area contributed by atoms with Gasteiger partial charge in [-0.3, -0.25) is 9.59 Å². The van der Waals surface area contributed by atoms with E-state index in [4.69, 9.17) is 33.8 Å². The Morgan fingerprint density at radius 3 is 1.86 bits per heavy atom. The first-order valence-electron chi connectivity index (χ1n) is 27.7. The summed E-state index contributed by atoms with van der Waals surface area (Å²) in [4.78, 5) is 55.0. The number of nitrogens with zero attached hydrogens (tertiary/aromatic N) is 3. The number of carbonyl (C=O) groups is 4. The number of benzene rings is 3. The van der Waals surface area contributed by atoms with Crippen LogP contribution in [0.4, 0.5) is 5.13 Å². The van der Waals surface area contributed by atoms with Gasteiger partial charge in [0.25, 0.3) is 0 Å². The van der Waals surface area contributed by atoms with E-state index in [9.17, 15) is 19.2 Å². The van der Waals surface area contributed by atoms with Crippen molar-refractivity contribution in [1.82, 2.24) is 4.98 Å². The molecule has 3 saturated carbocycles. The number of esters is 4. The third-order valence-electron chi connectivity index (χ3n) is 15.4. The van der Waals surface area contributed by atoms with Crippen molar-refractivity contribution in [2.75, 3.05) is 31.4 Å². The fraction of sp³-hybridized carbons (Fsp3) is 0.541. The van der Waals surface area contributed by atoms with E-state index in [0.717, 1.165) is 103 Å². The molecule has 1 heterocycles. The Hall–Kier alpha value is -5.82. The van der Waals surface area contributed by atoms with E-state index in [0.29, 0.717) is 75.2 Å². The number of para-hydroxylation sites is 1. The first-order valence-corrected chi connectivity index (χ1v) is 28.6. The number of rotatable bonds is 28. The van der Waals surface area contributed by atoms with Gasteiger partial charge in [0, 0.05) is 24.3 Å². The van der Waals surface area contributed by atoms with Gasteiger partial charge in [-0.25, -0.2) is 19.6 Å². The lowest BCUT2D eigenvalue weighted by Gasteiger charge is -2.38. The third kappa shape index (κ3) is 17.4. The molecule has 3 aliphatic carbocycles. The summed E-state index contributed by atoms with van der Waals surface area (Å²) in [5, 5.41) is 7.86. The van der Waals surface area contributed by atoms with Crippen LogP contribution in [0.2, 0.25) is 0 Å². The monoisotopic (exact) mass is 1030 g/mol. The number of hydrazone groups is 1. The van der Waals surface area contributed by atoms with E-state index in [1.54, 1.807) is 35.6 Å². The highest BCUT2D eigenvalue weighted by Gasteiger charge is 2.34. The van der Waals surface area contributed by atoms with Crippen LogP contribution < -0.4 is 19.2 Å². The van der Waals surface area contributed by atoms with Crippen LogP contribution in [0, 0.1) is 29.6 Å². The summed E-state index contributed by atoms with van der Waals surface area (Å²) in [6.07, 6.45) is 26.4. The molecule has 74 heavy (non-hydrogen) atoms. The summed E-state index contributed by atoms with van der Waals surface area (Å²) in [5.41, 5.74) is 2.94. The number of hydrogen-bond donors (Lipinski definition) is 0. The van der Waals surface area contributed by atoms with Gasteiger partial charge in [-0.15, -0.1) is 0 Å². The van der Waals surface area contributed by atoms with Gasteiger partial charge in [-0.05, 0) is 187 Å². The number of fused-ring (bicyclic) bond motifs is 1. The smallest absolute Gasteiger partial charge is 0.330 e. The molecule has 1 aromatic heterocycles. The van der Waals surface area contributed by atoms with E-state index in [-0.39, 0.29) is 23.8 Å². The van der Waals surface area contributed by atoms with Gasteiger partial charge in [-0.2, -0.15) is 5.10 Å². The lowest BCUT2D eigenvalue weighted by molar-refractivity contribution is -0.145. The van der Waals surface area contributed by atoms with Crippen LogP contribution in [0.3, 0.4) is 0 Å². The van der Waals surface area contributed by atoms with E-state index < -0.39 is 11.9 Å². The Balaban J connectivity index is 0.961. The quantitative estimate of drug-likeness (QED) is 0.0134. The summed E-state index contributed by atoms with van der Waals surface area (Å²) in [6.45, 7) is 11.1. The molecule has 0 spiro atoms. The molecule has 0 atom stereocenters. The minimum Gasteiger partial charge on any atom is -0.494 e. The highest BCUT2D eigenvalue weighted by molar-refractivity contribution is 7.22. The Kier molecular flexibility index (Phi) is 22.6. The molecule has 4 aromatic rings. The Morgan fingerprint density at radius 2 is 1.24 bits per heavy atom. The lowest BCUT2D eigenvalue weighted by Crippen LogP contribution is -2.30. The molecule has 0 N–H and O–H groups in total. The fourth-order valence-corrected chi connectivity index (χ4v) is 12.0. The standard InChI is InChI=1S/C61H79N3O9S/c1-4-17-44-20-22-45(23-21-44)46-24-26-47(27-25-46)50-32-37-55(51(42-50)43-62-64(38-13-7-8-15-40-70-57(65)5-2)61-63-54-18-11-12-19-56(54)74-61)73-60(68)49-30-28-48(29-31-49)59(67)72-53-35-33-52(34-36-53)69-39-14-9-10-16-41-71-58(66)6-3/h5-6,11-12,18-19,32-37,42-49H,2-4,7-10,13-17,20-31,38-41H2,1H3/b62-43+. The highest BCUT2D eigenvalue weighted by atomic mass is 32.1. The van der Waals surface area contributed by atoms with Gasteiger partial charge in [0.1, 0.15) is 17.2 Å². The number of aromatic nitrogens is 1.